The summed E-state index contributed by atoms with van der Waals surface area (Å²) in [5.41, 5.74) is 4.91. The monoisotopic (exact) mass is 466 g/mol. The molecule has 1 saturated carbocycles. The highest BCUT2D eigenvalue weighted by Gasteiger charge is 2.36. The minimum atomic E-state index is 0.295. The van der Waals surface area contributed by atoms with Gasteiger partial charge in [0, 0.05) is 67.6 Å². The highest BCUT2D eigenvalue weighted by atomic mass is 15.3. The average Bonchev–Trinajstić information content (AvgIpc) is 3.57. The first-order valence-corrected chi connectivity index (χ1v) is 12.5. The summed E-state index contributed by atoms with van der Waals surface area (Å²) in [5, 5.41) is 16.9. The van der Waals surface area contributed by atoms with Crippen LogP contribution in [0, 0.1) is 29.1 Å². The lowest BCUT2D eigenvalue weighted by Crippen LogP contribution is -2.47. The number of hydrogen-bond acceptors (Lipinski definition) is 7. The second-order valence-corrected chi connectivity index (χ2v) is 10.3. The molecule has 8 nitrogen and oxygen atoms in total. The number of fused-ring (bicyclic) bond motifs is 1. The van der Waals surface area contributed by atoms with Crippen LogP contribution in [0.1, 0.15) is 45.6 Å². The fourth-order valence-electron chi connectivity index (χ4n) is 5.22. The van der Waals surface area contributed by atoms with Gasteiger partial charge in [-0.3, -0.25) is 4.68 Å². The number of hydrogen-bond donors (Lipinski definition) is 1. The van der Waals surface area contributed by atoms with Crippen molar-refractivity contribution in [2.45, 2.75) is 45.6 Å². The van der Waals surface area contributed by atoms with E-state index in [1.807, 2.05) is 29.3 Å². The predicted octanol–water partition coefficient (Wildman–Crippen LogP) is 4.71. The molecule has 0 spiro atoms. The zero-order chi connectivity index (χ0) is 23.9. The summed E-state index contributed by atoms with van der Waals surface area (Å²) in [4.78, 5) is 16.4. The van der Waals surface area contributed by atoms with Crippen LogP contribution in [0.3, 0.4) is 0 Å². The van der Waals surface area contributed by atoms with Crippen molar-refractivity contribution in [3.05, 3.63) is 59.9 Å². The average molecular weight is 467 g/mol. The molecule has 0 bridgehead atoms. The number of rotatable bonds is 6. The van der Waals surface area contributed by atoms with E-state index in [4.69, 9.17) is 15.2 Å². The lowest BCUT2D eigenvalue weighted by Gasteiger charge is -2.45. The Labute approximate surface area is 205 Å². The molecule has 8 heteroatoms. The molecule has 1 unspecified atom stereocenters. The maximum absolute atomic E-state index is 9.00. The van der Waals surface area contributed by atoms with Gasteiger partial charge in [-0.25, -0.2) is 15.0 Å². The number of nitriles is 1. The smallest absolute Gasteiger partial charge is 0.164 e. The fraction of sp³-hybridized carbons (Fsp3) is 0.444. The van der Waals surface area contributed by atoms with Crippen LogP contribution < -0.4 is 5.32 Å². The van der Waals surface area contributed by atoms with Gasteiger partial charge >= 0.3 is 0 Å². The van der Waals surface area contributed by atoms with Crippen LogP contribution in [0.5, 0.6) is 0 Å². The summed E-state index contributed by atoms with van der Waals surface area (Å²) in [6, 6.07) is 4.73. The van der Waals surface area contributed by atoms with Crippen molar-refractivity contribution in [2.24, 2.45) is 22.7 Å². The van der Waals surface area contributed by atoms with E-state index in [1.165, 1.54) is 29.7 Å². The largest absolute Gasteiger partial charge is 0.370 e. The Bertz CT molecular complexity index is 1290. The number of amidine groups is 1. The molecule has 1 atom stereocenters. The Morgan fingerprint density at radius 2 is 2.09 bits per heavy atom. The van der Waals surface area contributed by atoms with E-state index in [9.17, 15) is 0 Å². The number of anilines is 1. The highest BCUT2D eigenvalue weighted by molar-refractivity contribution is 5.96. The maximum atomic E-state index is 9.00. The van der Waals surface area contributed by atoms with Gasteiger partial charge in [0.2, 0.25) is 0 Å². The van der Waals surface area contributed by atoms with Crippen molar-refractivity contribution in [1.29, 1.82) is 5.26 Å². The van der Waals surface area contributed by atoms with Crippen LogP contribution in [0.4, 0.5) is 5.82 Å². The number of nitrogens with zero attached hydrogens (tertiary/aromatic N) is 7. The van der Waals surface area contributed by atoms with Crippen molar-refractivity contribution in [2.75, 3.05) is 18.4 Å². The summed E-state index contributed by atoms with van der Waals surface area (Å²) in [7, 11) is 0. The van der Waals surface area contributed by atoms with Gasteiger partial charge in [0.25, 0.3) is 0 Å². The Morgan fingerprint density at radius 1 is 1.23 bits per heavy atom. The van der Waals surface area contributed by atoms with E-state index < -0.39 is 0 Å². The molecule has 0 aromatic carbocycles. The summed E-state index contributed by atoms with van der Waals surface area (Å²) in [5.74, 6) is 3.55. The molecule has 6 rings (SSSR count). The zero-order valence-corrected chi connectivity index (χ0v) is 20.2. The zero-order valence-electron chi connectivity index (χ0n) is 20.2. The Balaban J connectivity index is 1.22. The Morgan fingerprint density at radius 3 is 2.86 bits per heavy atom. The quantitative estimate of drug-likeness (QED) is 0.662. The molecule has 2 fully saturated rings. The van der Waals surface area contributed by atoms with Crippen molar-refractivity contribution in [3.63, 3.8) is 0 Å². The molecule has 4 aliphatic rings. The Kier molecular flexibility index (Phi) is 5.48. The van der Waals surface area contributed by atoms with Gasteiger partial charge < -0.3 is 10.2 Å². The van der Waals surface area contributed by atoms with Gasteiger partial charge in [0.1, 0.15) is 11.7 Å². The van der Waals surface area contributed by atoms with E-state index >= 15 is 0 Å². The molecule has 35 heavy (non-hydrogen) atoms. The van der Waals surface area contributed by atoms with E-state index in [0.717, 1.165) is 36.7 Å². The molecule has 4 heterocycles. The lowest BCUT2D eigenvalue weighted by atomic mass is 9.76. The minimum Gasteiger partial charge on any atom is -0.370 e. The van der Waals surface area contributed by atoms with Crippen molar-refractivity contribution >= 4 is 11.7 Å². The number of aromatic nitrogens is 4. The van der Waals surface area contributed by atoms with Crippen molar-refractivity contribution in [1.82, 2.24) is 24.6 Å². The molecular formula is C27H30N8. The first-order chi connectivity index (χ1) is 17.1. The van der Waals surface area contributed by atoms with E-state index in [-0.39, 0.29) is 0 Å². The standard InChI is InChI=1S/C27H30N8/c1-17(2)21-5-6-24(34-14-18(15-34)7-9-28)23-13-30-26(11-22(21)23)32-25-8-10-29-27(33-25)19-12-31-35(16-19)20-3-4-20/h5-6,8,10,12-13,16-18,20,22H,3-4,7,11,14-15H2,1-2H3,(H,29,30,32,33). The van der Waals surface area contributed by atoms with Crippen LogP contribution in [0.25, 0.3) is 11.4 Å². The SMILES string of the molecule is CC(C)C1=CC=C(N2CC(CC#N)C2)C2=CN=C(Nc3ccnc(-c4cnn(C5CC5)c4)n3)CC21. The number of aliphatic imine (C=N–C) groups is 1. The van der Waals surface area contributed by atoms with Gasteiger partial charge in [0.05, 0.1) is 23.9 Å². The molecule has 2 aliphatic heterocycles. The number of nitrogens with one attached hydrogen (secondary N) is 1. The molecule has 2 aliphatic carbocycles. The third-order valence-corrected chi connectivity index (χ3v) is 7.32. The van der Waals surface area contributed by atoms with Crippen LogP contribution in [-0.2, 0) is 0 Å². The van der Waals surface area contributed by atoms with Crippen LogP contribution in [-0.4, -0.2) is 43.6 Å². The summed E-state index contributed by atoms with van der Waals surface area (Å²) >= 11 is 0. The maximum Gasteiger partial charge on any atom is 0.164 e. The molecule has 2 aromatic rings. The van der Waals surface area contributed by atoms with Gasteiger partial charge in [-0.05, 0) is 30.9 Å². The van der Waals surface area contributed by atoms with Crippen molar-refractivity contribution < 1.29 is 0 Å². The topological polar surface area (TPSA) is 95.0 Å². The predicted molar refractivity (Wildman–Crippen MR) is 135 cm³/mol. The Hall–Kier alpha value is -3.73. The third kappa shape index (κ3) is 4.27. The normalized spacial score (nSPS) is 21.9. The van der Waals surface area contributed by atoms with E-state index in [1.54, 1.807) is 6.20 Å². The first kappa shape index (κ1) is 21.8. The second-order valence-electron chi connectivity index (χ2n) is 10.3. The highest BCUT2D eigenvalue weighted by Crippen LogP contribution is 2.42. The fourth-order valence-corrected chi connectivity index (χ4v) is 5.22. The molecule has 1 N–H and O–H groups in total. The number of likely N-dealkylation sites (tertiary alicyclic amines) is 1. The summed E-state index contributed by atoms with van der Waals surface area (Å²) in [6.07, 6.45) is 16.1. The van der Waals surface area contributed by atoms with E-state index in [0.29, 0.717) is 36.0 Å². The van der Waals surface area contributed by atoms with E-state index in [2.05, 4.69) is 52.4 Å². The molecule has 0 radical (unpaired) electrons. The number of allylic oxidation sites excluding steroid dienone is 4. The van der Waals surface area contributed by atoms with Gasteiger partial charge in [-0.1, -0.05) is 25.5 Å². The minimum absolute atomic E-state index is 0.295. The molecule has 0 amide bonds. The summed E-state index contributed by atoms with van der Waals surface area (Å²) < 4.78 is 2.02. The first-order valence-electron chi connectivity index (χ1n) is 12.5. The van der Waals surface area contributed by atoms with Gasteiger partial charge in [-0.15, -0.1) is 0 Å². The second kappa shape index (κ2) is 8.81. The van der Waals surface area contributed by atoms with Gasteiger partial charge in [-0.2, -0.15) is 10.4 Å². The van der Waals surface area contributed by atoms with Crippen molar-refractivity contribution in [3.8, 4) is 17.5 Å². The third-order valence-electron chi connectivity index (χ3n) is 7.32. The molecule has 1 saturated heterocycles. The van der Waals surface area contributed by atoms with Gasteiger partial charge in [0.15, 0.2) is 5.82 Å². The van der Waals surface area contributed by atoms with Crippen LogP contribution in [0.15, 0.2) is 64.8 Å². The lowest BCUT2D eigenvalue weighted by molar-refractivity contribution is 0.147. The van der Waals surface area contributed by atoms with Crippen LogP contribution >= 0.6 is 0 Å². The molecule has 178 valence electrons. The molecular weight excluding hydrogens is 436 g/mol. The summed E-state index contributed by atoms with van der Waals surface area (Å²) in [6.45, 7) is 6.41. The van der Waals surface area contributed by atoms with Crippen LogP contribution in [0.2, 0.25) is 0 Å². The molecule has 2 aromatic heterocycles.